The first-order chi connectivity index (χ1) is 6.75. The Morgan fingerprint density at radius 3 is 3.07 bits per heavy atom. The van der Waals surface area contributed by atoms with Gasteiger partial charge in [-0.25, -0.2) is 4.79 Å². The van der Waals surface area contributed by atoms with Crippen LogP contribution in [0.1, 0.15) is 26.7 Å². The summed E-state index contributed by atoms with van der Waals surface area (Å²) >= 11 is 0. The summed E-state index contributed by atoms with van der Waals surface area (Å²) in [7, 11) is 0. The number of nitrogens with one attached hydrogen (secondary N) is 1. The van der Waals surface area contributed by atoms with Crippen molar-refractivity contribution >= 4 is 6.09 Å². The van der Waals surface area contributed by atoms with Gasteiger partial charge in [0.15, 0.2) is 0 Å². The van der Waals surface area contributed by atoms with Gasteiger partial charge in [-0.1, -0.05) is 13.3 Å². The molecule has 1 fully saturated rings. The van der Waals surface area contributed by atoms with E-state index in [2.05, 4.69) is 12.2 Å². The monoisotopic (exact) mass is 200 g/mol. The van der Waals surface area contributed by atoms with Gasteiger partial charge in [-0.05, 0) is 13.3 Å². The first-order valence-electron chi connectivity index (χ1n) is 5.39. The van der Waals surface area contributed by atoms with E-state index < -0.39 is 0 Å². The number of carbonyl (C=O) groups is 1. The third-order valence-corrected chi connectivity index (χ3v) is 2.46. The highest BCUT2D eigenvalue weighted by molar-refractivity contribution is 5.68. The summed E-state index contributed by atoms with van der Waals surface area (Å²) in [6.45, 7) is 7.16. The number of nitrogens with zero attached hydrogens (tertiary/aromatic N) is 1. The van der Waals surface area contributed by atoms with E-state index in [1.807, 2.05) is 6.92 Å². The van der Waals surface area contributed by atoms with Crippen molar-refractivity contribution in [2.24, 2.45) is 0 Å². The van der Waals surface area contributed by atoms with Gasteiger partial charge in [-0.3, -0.25) is 0 Å². The summed E-state index contributed by atoms with van der Waals surface area (Å²) in [5, 5.41) is 3.24. The highest BCUT2D eigenvalue weighted by atomic mass is 16.6. The average molecular weight is 200 g/mol. The molecule has 0 radical (unpaired) electrons. The van der Waals surface area contributed by atoms with E-state index in [4.69, 9.17) is 4.74 Å². The largest absolute Gasteiger partial charge is 0.449 e. The van der Waals surface area contributed by atoms with Crippen molar-refractivity contribution in [1.82, 2.24) is 10.2 Å². The molecule has 82 valence electrons. The van der Waals surface area contributed by atoms with Gasteiger partial charge in [0.25, 0.3) is 0 Å². The Balaban J connectivity index is 2.27. The summed E-state index contributed by atoms with van der Waals surface area (Å²) in [6.07, 6.45) is 1.85. The topological polar surface area (TPSA) is 41.6 Å². The van der Waals surface area contributed by atoms with Gasteiger partial charge in [0.1, 0.15) is 0 Å². The van der Waals surface area contributed by atoms with Crippen LogP contribution in [-0.2, 0) is 4.74 Å². The Morgan fingerprint density at radius 2 is 2.43 bits per heavy atom. The van der Waals surface area contributed by atoms with Crippen molar-refractivity contribution in [3.8, 4) is 0 Å². The number of hydrogen-bond donors (Lipinski definition) is 1. The van der Waals surface area contributed by atoms with Gasteiger partial charge in [-0.15, -0.1) is 0 Å². The van der Waals surface area contributed by atoms with Crippen LogP contribution in [0.15, 0.2) is 0 Å². The maximum absolute atomic E-state index is 11.6. The molecule has 1 heterocycles. The minimum atomic E-state index is -0.160. The van der Waals surface area contributed by atoms with Gasteiger partial charge in [0, 0.05) is 25.7 Å². The predicted molar refractivity (Wildman–Crippen MR) is 55.3 cm³/mol. The SMILES string of the molecule is CCCCOC(=O)N1CCNCC1C. The number of unbranched alkanes of at least 4 members (excludes halogenated alkanes) is 1. The molecule has 14 heavy (non-hydrogen) atoms. The fourth-order valence-electron chi connectivity index (χ4n) is 1.50. The van der Waals surface area contributed by atoms with Gasteiger partial charge in [-0.2, -0.15) is 0 Å². The van der Waals surface area contributed by atoms with Crippen LogP contribution in [0.4, 0.5) is 4.79 Å². The zero-order valence-corrected chi connectivity index (χ0v) is 9.08. The number of ether oxygens (including phenoxy) is 1. The third-order valence-electron chi connectivity index (χ3n) is 2.46. The van der Waals surface area contributed by atoms with E-state index in [1.54, 1.807) is 4.90 Å². The van der Waals surface area contributed by atoms with Crippen LogP contribution < -0.4 is 5.32 Å². The van der Waals surface area contributed by atoms with Crippen LogP contribution in [0.5, 0.6) is 0 Å². The molecule has 1 N–H and O–H groups in total. The molecule has 4 heteroatoms. The Kier molecular flexibility index (Phi) is 4.73. The Labute approximate surface area is 85.6 Å². The van der Waals surface area contributed by atoms with Crippen LogP contribution in [0.25, 0.3) is 0 Å². The molecule has 0 spiro atoms. The average Bonchev–Trinajstić information content (AvgIpc) is 2.18. The molecule has 4 nitrogen and oxygen atoms in total. The van der Waals surface area contributed by atoms with E-state index in [0.717, 1.165) is 32.5 Å². The van der Waals surface area contributed by atoms with E-state index >= 15 is 0 Å². The molecule has 1 atom stereocenters. The number of piperazine rings is 1. The first kappa shape index (κ1) is 11.3. The second-order valence-electron chi connectivity index (χ2n) is 3.71. The summed E-state index contributed by atoms with van der Waals surface area (Å²) in [4.78, 5) is 13.4. The normalized spacial score (nSPS) is 22.1. The number of amides is 1. The zero-order valence-electron chi connectivity index (χ0n) is 9.08. The summed E-state index contributed by atoms with van der Waals surface area (Å²) in [5.74, 6) is 0. The molecule has 0 saturated carbocycles. The highest BCUT2D eigenvalue weighted by Gasteiger charge is 2.23. The predicted octanol–water partition coefficient (Wildman–Crippen LogP) is 1.22. The molecule has 0 aromatic rings. The molecule has 1 unspecified atom stereocenters. The second kappa shape index (κ2) is 5.86. The lowest BCUT2D eigenvalue weighted by molar-refractivity contribution is 0.0803. The second-order valence-corrected chi connectivity index (χ2v) is 3.71. The molecule has 0 bridgehead atoms. The van der Waals surface area contributed by atoms with Crippen molar-refractivity contribution in [2.45, 2.75) is 32.7 Å². The van der Waals surface area contributed by atoms with E-state index in [-0.39, 0.29) is 12.1 Å². The molecule has 1 amide bonds. The Morgan fingerprint density at radius 1 is 1.64 bits per heavy atom. The fraction of sp³-hybridized carbons (Fsp3) is 0.900. The molecule has 1 saturated heterocycles. The molecule has 1 aliphatic rings. The Bertz CT molecular complexity index is 185. The van der Waals surface area contributed by atoms with Crippen LogP contribution in [0.2, 0.25) is 0 Å². The molecule has 0 aromatic carbocycles. The van der Waals surface area contributed by atoms with Gasteiger partial charge in [0.2, 0.25) is 0 Å². The smallest absolute Gasteiger partial charge is 0.410 e. The fourth-order valence-corrected chi connectivity index (χ4v) is 1.50. The summed E-state index contributed by atoms with van der Waals surface area (Å²) in [5.41, 5.74) is 0. The third kappa shape index (κ3) is 3.18. The van der Waals surface area contributed by atoms with Crippen molar-refractivity contribution in [2.75, 3.05) is 26.2 Å². The summed E-state index contributed by atoms with van der Waals surface area (Å²) in [6, 6.07) is 0.248. The van der Waals surface area contributed by atoms with E-state index in [0.29, 0.717) is 6.61 Å². The van der Waals surface area contributed by atoms with E-state index in [9.17, 15) is 4.79 Å². The van der Waals surface area contributed by atoms with Crippen LogP contribution in [0.3, 0.4) is 0 Å². The quantitative estimate of drug-likeness (QED) is 0.696. The molecule has 0 aromatic heterocycles. The Hall–Kier alpha value is -0.770. The van der Waals surface area contributed by atoms with Crippen molar-refractivity contribution < 1.29 is 9.53 Å². The van der Waals surface area contributed by atoms with Crippen molar-refractivity contribution in [3.63, 3.8) is 0 Å². The zero-order chi connectivity index (χ0) is 10.4. The molecular formula is C10H20N2O2. The van der Waals surface area contributed by atoms with Gasteiger partial charge >= 0.3 is 6.09 Å². The molecule has 0 aliphatic carbocycles. The molecular weight excluding hydrogens is 180 g/mol. The number of hydrogen-bond acceptors (Lipinski definition) is 3. The maximum atomic E-state index is 11.6. The van der Waals surface area contributed by atoms with Gasteiger partial charge in [0.05, 0.1) is 6.61 Å². The standard InChI is InChI=1S/C10H20N2O2/c1-3-4-7-14-10(13)12-6-5-11-8-9(12)2/h9,11H,3-8H2,1-2H3. The first-order valence-corrected chi connectivity index (χ1v) is 5.39. The lowest BCUT2D eigenvalue weighted by atomic mass is 10.2. The highest BCUT2D eigenvalue weighted by Crippen LogP contribution is 2.05. The maximum Gasteiger partial charge on any atom is 0.410 e. The lowest BCUT2D eigenvalue weighted by Crippen LogP contribution is -2.52. The van der Waals surface area contributed by atoms with Crippen LogP contribution in [-0.4, -0.2) is 43.3 Å². The minimum Gasteiger partial charge on any atom is -0.449 e. The van der Waals surface area contributed by atoms with Crippen LogP contribution >= 0.6 is 0 Å². The molecule has 1 aliphatic heterocycles. The number of carbonyl (C=O) groups excluding carboxylic acids is 1. The van der Waals surface area contributed by atoms with Crippen molar-refractivity contribution in [3.05, 3.63) is 0 Å². The van der Waals surface area contributed by atoms with Gasteiger partial charge < -0.3 is 15.0 Å². The van der Waals surface area contributed by atoms with Crippen molar-refractivity contribution in [1.29, 1.82) is 0 Å². The number of rotatable bonds is 3. The van der Waals surface area contributed by atoms with E-state index in [1.165, 1.54) is 0 Å². The summed E-state index contributed by atoms with van der Waals surface area (Å²) < 4.78 is 5.15. The van der Waals surface area contributed by atoms with Crippen LogP contribution in [0, 0.1) is 0 Å². The molecule has 1 rings (SSSR count). The minimum absolute atomic E-state index is 0.160. The lowest BCUT2D eigenvalue weighted by Gasteiger charge is -2.32.